The molecule has 0 saturated carbocycles. The van der Waals surface area contributed by atoms with E-state index >= 15 is 0 Å². The van der Waals surface area contributed by atoms with E-state index in [1.165, 1.54) is 33.3 Å². The number of hydrogen-bond donors (Lipinski definition) is 1. The standard InChI is InChI=1S/C28H37N3O2/c1-7-23(18(2)3)29-17-31-13-12-21-22-14-19(4)8-10-24(22)30-28(21)25(31)15-20-9-11-26(32-5)27(16-20)33-6/h8-11,14,16-18,23,25,30H,7,12-13,15H2,1-6H3. The van der Waals surface area contributed by atoms with E-state index in [0.717, 1.165) is 37.3 Å². The van der Waals surface area contributed by atoms with Crippen LogP contribution in [0.4, 0.5) is 0 Å². The van der Waals surface area contributed by atoms with Gasteiger partial charge in [0, 0.05) is 23.1 Å². The molecule has 1 aromatic heterocycles. The molecule has 0 fully saturated rings. The van der Waals surface area contributed by atoms with E-state index in [1.807, 2.05) is 6.07 Å². The summed E-state index contributed by atoms with van der Waals surface area (Å²) in [6.07, 6.45) is 5.05. The van der Waals surface area contributed by atoms with Crippen LogP contribution in [0, 0.1) is 12.8 Å². The summed E-state index contributed by atoms with van der Waals surface area (Å²) in [4.78, 5) is 11.2. The van der Waals surface area contributed by atoms with Crippen molar-refractivity contribution in [1.29, 1.82) is 0 Å². The monoisotopic (exact) mass is 447 g/mol. The fourth-order valence-electron chi connectivity index (χ4n) is 5.01. The quantitative estimate of drug-likeness (QED) is 0.335. The van der Waals surface area contributed by atoms with Gasteiger partial charge in [0.05, 0.1) is 32.6 Å². The van der Waals surface area contributed by atoms with E-state index in [4.69, 9.17) is 14.5 Å². The van der Waals surface area contributed by atoms with E-state index in [2.05, 4.69) is 74.2 Å². The van der Waals surface area contributed by atoms with Crippen LogP contribution in [0.25, 0.3) is 10.9 Å². The van der Waals surface area contributed by atoms with E-state index in [0.29, 0.717) is 12.0 Å². The van der Waals surface area contributed by atoms with Gasteiger partial charge in [-0.3, -0.25) is 4.99 Å². The predicted octanol–water partition coefficient (Wildman–Crippen LogP) is 6.10. The van der Waals surface area contributed by atoms with Gasteiger partial charge >= 0.3 is 0 Å². The van der Waals surface area contributed by atoms with Crippen LogP contribution in [-0.4, -0.2) is 43.0 Å². The normalized spacial score (nSPS) is 17.1. The van der Waals surface area contributed by atoms with E-state index in [9.17, 15) is 0 Å². The third-order valence-electron chi connectivity index (χ3n) is 6.92. The fourth-order valence-corrected chi connectivity index (χ4v) is 5.01. The number of rotatable bonds is 8. The number of aryl methyl sites for hydroxylation is 1. The number of fused-ring (bicyclic) bond motifs is 3. The Balaban J connectivity index is 1.74. The Bertz CT molecular complexity index is 1130. The third kappa shape index (κ3) is 4.73. The second-order valence-electron chi connectivity index (χ2n) is 9.45. The zero-order valence-electron chi connectivity index (χ0n) is 20.8. The van der Waals surface area contributed by atoms with Gasteiger partial charge in [0.1, 0.15) is 0 Å². The second kappa shape index (κ2) is 9.90. The lowest BCUT2D eigenvalue weighted by Crippen LogP contribution is -2.36. The summed E-state index contributed by atoms with van der Waals surface area (Å²) in [5.74, 6) is 2.06. The number of aromatic amines is 1. The molecule has 1 aliphatic rings. The lowest BCUT2D eigenvalue weighted by molar-refractivity contribution is 0.297. The average molecular weight is 448 g/mol. The maximum absolute atomic E-state index is 5.57. The molecule has 1 aliphatic heterocycles. The van der Waals surface area contributed by atoms with E-state index in [1.54, 1.807) is 14.2 Å². The number of aliphatic imine (C=N–C) groups is 1. The summed E-state index contributed by atoms with van der Waals surface area (Å²) in [5, 5.41) is 1.35. The van der Waals surface area contributed by atoms with Crippen LogP contribution in [0.1, 0.15) is 55.6 Å². The lowest BCUT2D eigenvalue weighted by atomic mass is 9.93. The molecule has 0 spiro atoms. The van der Waals surface area contributed by atoms with Gasteiger partial charge in [-0.2, -0.15) is 0 Å². The van der Waals surface area contributed by atoms with Gasteiger partial charge in [0.2, 0.25) is 0 Å². The molecule has 0 bridgehead atoms. The zero-order valence-corrected chi connectivity index (χ0v) is 20.8. The summed E-state index contributed by atoms with van der Waals surface area (Å²) >= 11 is 0. The minimum Gasteiger partial charge on any atom is -0.493 e. The van der Waals surface area contributed by atoms with E-state index < -0.39 is 0 Å². The first-order valence-corrected chi connectivity index (χ1v) is 12.1. The largest absolute Gasteiger partial charge is 0.493 e. The highest BCUT2D eigenvalue weighted by Gasteiger charge is 2.30. The number of hydrogen-bond acceptors (Lipinski definition) is 3. The SMILES string of the molecule is CCC(N=CN1CCc2c([nH]c3ccc(C)cc23)C1Cc1ccc(OC)c(OC)c1)C(C)C. The first-order chi connectivity index (χ1) is 15.9. The Morgan fingerprint density at radius 3 is 2.61 bits per heavy atom. The molecule has 0 aliphatic carbocycles. The van der Waals surface area contributed by atoms with Gasteiger partial charge in [0.25, 0.3) is 0 Å². The van der Waals surface area contributed by atoms with Crippen LogP contribution in [0.3, 0.4) is 0 Å². The molecule has 2 aromatic carbocycles. The van der Waals surface area contributed by atoms with E-state index in [-0.39, 0.29) is 6.04 Å². The molecule has 1 N–H and O–H groups in total. The summed E-state index contributed by atoms with van der Waals surface area (Å²) in [6.45, 7) is 9.85. The lowest BCUT2D eigenvalue weighted by Gasteiger charge is -2.35. The highest BCUT2D eigenvalue weighted by atomic mass is 16.5. The van der Waals surface area contributed by atoms with Gasteiger partial charge in [0.15, 0.2) is 11.5 Å². The van der Waals surface area contributed by atoms with Crippen molar-refractivity contribution in [3.05, 3.63) is 58.8 Å². The number of ether oxygens (including phenoxy) is 2. The molecule has 2 unspecified atom stereocenters. The summed E-state index contributed by atoms with van der Waals surface area (Å²) in [7, 11) is 3.37. The molecule has 2 atom stereocenters. The van der Waals surface area contributed by atoms with Gasteiger partial charge < -0.3 is 19.4 Å². The van der Waals surface area contributed by atoms with Crippen molar-refractivity contribution in [2.75, 3.05) is 20.8 Å². The molecule has 0 amide bonds. The van der Waals surface area contributed by atoms with Gasteiger partial charge in [-0.1, -0.05) is 38.5 Å². The maximum atomic E-state index is 5.57. The van der Waals surface area contributed by atoms with Crippen molar-refractivity contribution < 1.29 is 9.47 Å². The van der Waals surface area contributed by atoms with Crippen molar-refractivity contribution in [3.8, 4) is 11.5 Å². The van der Waals surface area contributed by atoms with Crippen molar-refractivity contribution in [1.82, 2.24) is 9.88 Å². The molecule has 4 rings (SSSR count). The van der Waals surface area contributed by atoms with Crippen LogP contribution >= 0.6 is 0 Å². The molecule has 5 nitrogen and oxygen atoms in total. The second-order valence-corrected chi connectivity index (χ2v) is 9.45. The van der Waals surface area contributed by atoms with Crippen LogP contribution < -0.4 is 9.47 Å². The van der Waals surface area contributed by atoms with Crippen molar-refractivity contribution >= 4 is 17.2 Å². The van der Waals surface area contributed by atoms with Crippen LogP contribution in [0.5, 0.6) is 11.5 Å². The Labute approximate surface area is 197 Å². The van der Waals surface area contributed by atoms with Crippen LogP contribution in [0.2, 0.25) is 0 Å². The Morgan fingerprint density at radius 1 is 1.12 bits per heavy atom. The van der Waals surface area contributed by atoms with Gasteiger partial charge in [-0.05, 0) is 67.5 Å². The fraction of sp³-hybridized carbons (Fsp3) is 0.464. The number of nitrogens with one attached hydrogen (secondary N) is 1. The van der Waals surface area contributed by atoms with Crippen molar-refractivity contribution in [2.24, 2.45) is 10.9 Å². The predicted molar refractivity (Wildman–Crippen MR) is 137 cm³/mol. The summed E-state index contributed by atoms with van der Waals surface area (Å²) in [6, 6.07) is 13.5. The number of H-pyrrole nitrogens is 1. The highest BCUT2D eigenvalue weighted by Crippen LogP contribution is 2.37. The first kappa shape index (κ1) is 23.2. The van der Waals surface area contributed by atoms with Crippen LogP contribution in [0.15, 0.2) is 41.4 Å². The minimum absolute atomic E-state index is 0.188. The molecular weight excluding hydrogens is 410 g/mol. The Hall–Kier alpha value is -2.95. The summed E-state index contributed by atoms with van der Waals surface area (Å²) in [5.41, 5.74) is 6.48. The molecule has 2 heterocycles. The minimum atomic E-state index is 0.188. The van der Waals surface area contributed by atoms with Crippen molar-refractivity contribution in [3.63, 3.8) is 0 Å². The Morgan fingerprint density at radius 2 is 1.91 bits per heavy atom. The molecule has 3 aromatic rings. The van der Waals surface area contributed by atoms with Gasteiger partial charge in [-0.15, -0.1) is 0 Å². The molecule has 0 saturated heterocycles. The smallest absolute Gasteiger partial charge is 0.160 e. The maximum Gasteiger partial charge on any atom is 0.160 e. The van der Waals surface area contributed by atoms with Crippen LogP contribution in [-0.2, 0) is 12.8 Å². The molecule has 5 heteroatoms. The zero-order chi connectivity index (χ0) is 23.5. The molecule has 33 heavy (non-hydrogen) atoms. The third-order valence-corrected chi connectivity index (χ3v) is 6.92. The topological polar surface area (TPSA) is 49.9 Å². The summed E-state index contributed by atoms with van der Waals surface area (Å²) < 4.78 is 11.0. The molecule has 176 valence electrons. The van der Waals surface area contributed by atoms with Gasteiger partial charge in [-0.25, -0.2) is 0 Å². The number of methoxy groups -OCH3 is 2. The van der Waals surface area contributed by atoms with Crippen molar-refractivity contribution in [2.45, 2.75) is 59.0 Å². The molecule has 0 radical (unpaired) electrons. The Kier molecular flexibility index (Phi) is 6.96. The number of nitrogens with zero attached hydrogens (tertiary/aromatic N) is 2. The average Bonchev–Trinajstić information content (AvgIpc) is 3.18. The highest BCUT2D eigenvalue weighted by molar-refractivity contribution is 5.86. The molecular formula is C28H37N3O2. The first-order valence-electron chi connectivity index (χ1n) is 12.1. The number of benzene rings is 2. The number of aromatic nitrogens is 1.